The Balaban J connectivity index is 2.16. The molecule has 1 heterocycles. The van der Waals surface area contributed by atoms with E-state index in [0.717, 1.165) is 17.5 Å². The third-order valence-corrected chi connectivity index (χ3v) is 4.69. The fraction of sp³-hybridized carbons (Fsp3) is 0.368. The van der Waals surface area contributed by atoms with Crippen molar-refractivity contribution in [3.8, 4) is 11.3 Å². The van der Waals surface area contributed by atoms with Crippen molar-refractivity contribution in [1.29, 1.82) is 0 Å². The van der Waals surface area contributed by atoms with E-state index in [1.165, 1.54) is 11.6 Å². The van der Waals surface area contributed by atoms with Gasteiger partial charge in [-0.05, 0) is 41.0 Å². The number of carbonyl (C=O) groups excluding carboxylic acids is 1. The zero-order chi connectivity index (χ0) is 17.5. The van der Waals surface area contributed by atoms with Gasteiger partial charge in [-0.25, -0.2) is 0 Å². The SMILES string of the molecule is CC1CC(C)(C)c2cccc(-c3ncccc3C(=O)NC(F)F)c21. The summed E-state index contributed by atoms with van der Waals surface area (Å²) in [4.78, 5) is 16.5. The predicted molar refractivity (Wildman–Crippen MR) is 89.2 cm³/mol. The van der Waals surface area contributed by atoms with Gasteiger partial charge in [-0.3, -0.25) is 15.1 Å². The van der Waals surface area contributed by atoms with Crippen molar-refractivity contribution >= 4 is 5.91 Å². The Kier molecular flexibility index (Phi) is 4.11. The Labute approximate surface area is 140 Å². The van der Waals surface area contributed by atoms with Crippen LogP contribution in [0.4, 0.5) is 8.78 Å². The number of pyridine rings is 1. The van der Waals surface area contributed by atoms with E-state index in [4.69, 9.17) is 0 Å². The normalized spacial score (nSPS) is 18.5. The Bertz CT molecular complexity index is 787. The number of fused-ring (bicyclic) bond motifs is 1. The highest BCUT2D eigenvalue weighted by molar-refractivity contribution is 6.00. The van der Waals surface area contributed by atoms with E-state index in [0.29, 0.717) is 11.6 Å². The quantitative estimate of drug-likeness (QED) is 0.843. The van der Waals surface area contributed by atoms with Crippen LogP contribution >= 0.6 is 0 Å². The van der Waals surface area contributed by atoms with Crippen LogP contribution in [0.1, 0.15) is 54.6 Å². The molecule has 0 aliphatic heterocycles. The third kappa shape index (κ3) is 2.79. The van der Waals surface area contributed by atoms with Crippen LogP contribution < -0.4 is 5.32 Å². The lowest BCUT2D eigenvalue weighted by Crippen LogP contribution is -2.29. The van der Waals surface area contributed by atoms with Crippen molar-refractivity contribution in [3.05, 3.63) is 53.2 Å². The molecule has 1 N–H and O–H groups in total. The highest BCUT2D eigenvalue weighted by Gasteiger charge is 2.36. The van der Waals surface area contributed by atoms with Gasteiger partial charge in [0.1, 0.15) is 0 Å². The van der Waals surface area contributed by atoms with Gasteiger partial charge in [0.05, 0.1) is 11.3 Å². The number of nitrogens with one attached hydrogen (secondary N) is 1. The van der Waals surface area contributed by atoms with Crippen LogP contribution in [0.25, 0.3) is 11.3 Å². The molecular formula is C19H20F2N2O. The van der Waals surface area contributed by atoms with Gasteiger partial charge >= 0.3 is 6.55 Å². The van der Waals surface area contributed by atoms with Crippen LogP contribution in [0.15, 0.2) is 36.5 Å². The molecule has 1 amide bonds. The summed E-state index contributed by atoms with van der Waals surface area (Å²) in [5, 5.41) is 1.65. The molecule has 0 bridgehead atoms. The maximum atomic E-state index is 12.5. The van der Waals surface area contributed by atoms with Crippen LogP contribution in [0.5, 0.6) is 0 Å². The Morgan fingerprint density at radius 1 is 1.29 bits per heavy atom. The van der Waals surface area contributed by atoms with Gasteiger partial charge in [-0.15, -0.1) is 0 Å². The first-order valence-electron chi connectivity index (χ1n) is 7.99. The summed E-state index contributed by atoms with van der Waals surface area (Å²) in [6.07, 6.45) is 2.59. The zero-order valence-electron chi connectivity index (χ0n) is 13.9. The molecule has 1 aromatic carbocycles. The number of amides is 1. The predicted octanol–water partition coefficient (Wildman–Crippen LogP) is 4.49. The number of hydrogen-bond acceptors (Lipinski definition) is 2. The largest absolute Gasteiger partial charge is 0.315 e. The van der Waals surface area contributed by atoms with Crippen molar-refractivity contribution in [3.63, 3.8) is 0 Å². The molecule has 1 aliphatic carbocycles. The summed E-state index contributed by atoms with van der Waals surface area (Å²) in [6, 6.07) is 9.07. The second kappa shape index (κ2) is 5.96. The first kappa shape index (κ1) is 16.6. The fourth-order valence-electron chi connectivity index (χ4n) is 3.85. The van der Waals surface area contributed by atoms with Crippen molar-refractivity contribution in [2.24, 2.45) is 0 Å². The number of benzene rings is 1. The van der Waals surface area contributed by atoms with Crippen LogP contribution in [0.3, 0.4) is 0 Å². The lowest BCUT2D eigenvalue weighted by molar-refractivity contribution is 0.0700. The number of alkyl halides is 2. The van der Waals surface area contributed by atoms with Crippen LogP contribution in [0.2, 0.25) is 0 Å². The second-order valence-corrected chi connectivity index (χ2v) is 6.93. The second-order valence-electron chi connectivity index (χ2n) is 6.93. The van der Waals surface area contributed by atoms with Crippen molar-refractivity contribution in [1.82, 2.24) is 10.3 Å². The van der Waals surface area contributed by atoms with Crippen LogP contribution in [-0.2, 0) is 5.41 Å². The molecule has 3 rings (SSSR count). The first-order chi connectivity index (χ1) is 11.3. The molecule has 1 aliphatic rings. The number of carbonyl (C=O) groups is 1. The molecule has 2 aromatic rings. The number of hydrogen-bond donors (Lipinski definition) is 1. The topological polar surface area (TPSA) is 42.0 Å². The number of halogens is 2. The van der Waals surface area contributed by atoms with E-state index < -0.39 is 12.5 Å². The molecule has 126 valence electrons. The smallest absolute Gasteiger partial charge is 0.296 e. The summed E-state index contributed by atoms with van der Waals surface area (Å²) < 4.78 is 25.1. The molecule has 1 atom stereocenters. The monoisotopic (exact) mass is 330 g/mol. The van der Waals surface area contributed by atoms with E-state index in [-0.39, 0.29) is 11.0 Å². The number of nitrogens with zero attached hydrogens (tertiary/aromatic N) is 1. The third-order valence-electron chi connectivity index (χ3n) is 4.69. The summed E-state index contributed by atoms with van der Waals surface area (Å²) in [5.74, 6) is -0.491. The van der Waals surface area contributed by atoms with E-state index in [9.17, 15) is 13.6 Å². The maximum Gasteiger partial charge on any atom is 0.315 e. The van der Waals surface area contributed by atoms with E-state index in [1.54, 1.807) is 17.6 Å². The average Bonchev–Trinajstić information content (AvgIpc) is 2.76. The minimum atomic E-state index is -2.90. The molecule has 0 saturated carbocycles. The van der Waals surface area contributed by atoms with Gasteiger partial charge in [0.2, 0.25) is 0 Å². The van der Waals surface area contributed by atoms with Gasteiger partial charge in [-0.1, -0.05) is 39.0 Å². The van der Waals surface area contributed by atoms with Crippen molar-refractivity contribution in [2.75, 3.05) is 0 Å². The van der Waals surface area contributed by atoms with Crippen molar-refractivity contribution < 1.29 is 13.6 Å². The average molecular weight is 330 g/mol. The Hall–Kier alpha value is -2.30. The van der Waals surface area contributed by atoms with E-state index >= 15 is 0 Å². The molecule has 1 aromatic heterocycles. The molecule has 1 unspecified atom stereocenters. The highest BCUT2D eigenvalue weighted by Crippen LogP contribution is 2.49. The molecule has 5 heteroatoms. The standard InChI is InChI=1S/C19H20F2N2O/c1-11-10-19(2,3)14-8-4-6-12(15(11)14)16-13(7-5-9-22-16)17(24)23-18(20)21/h4-9,11,18H,10H2,1-3H3,(H,23,24). The Morgan fingerprint density at radius 2 is 2.04 bits per heavy atom. The van der Waals surface area contributed by atoms with E-state index in [2.05, 4.69) is 31.8 Å². The molecular weight excluding hydrogens is 310 g/mol. The zero-order valence-corrected chi connectivity index (χ0v) is 13.9. The minimum Gasteiger partial charge on any atom is -0.296 e. The van der Waals surface area contributed by atoms with Gasteiger partial charge < -0.3 is 0 Å². The molecule has 3 nitrogen and oxygen atoms in total. The summed E-state index contributed by atoms with van der Waals surface area (Å²) in [5.41, 5.74) is 3.92. The molecule has 0 fully saturated rings. The molecule has 0 spiro atoms. The van der Waals surface area contributed by atoms with Crippen LogP contribution in [-0.4, -0.2) is 17.4 Å². The summed E-state index contributed by atoms with van der Waals surface area (Å²) in [6.45, 7) is 3.65. The lowest BCUT2D eigenvalue weighted by Gasteiger charge is -2.19. The van der Waals surface area contributed by atoms with Gasteiger partial charge in [-0.2, -0.15) is 8.78 Å². The Morgan fingerprint density at radius 3 is 2.75 bits per heavy atom. The first-order valence-corrected chi connectivity index (χ1v) is 7.99. The molecule has 0 radical (unpaired) electrons. The van der Waals surface area contributed by atoms with Gasteiger partial charge in [0.15, 0.2) is 0 Å². The maximum absolute atomic E-state index is 12.5. The van der Waals surface area contributed by atoms with Crippen LogP contribution in [0, 0.1) is 0 Å². The summed E-state index contributed by atoms with van der Waals surface area (Å²) in [7, 11) is 0. The van der Waals surface area contributed by atoms with E-state index in [1.807, 2.05) is 12.1 Å². The highest BCUT2D eigenvalue weighted by atomic mass is 19.3. The number of rotatable bonds is 3. The van der Waals surface area contributed by atoms with Gasteiger partial charge in [0.25, 0.3) is 5.91 Å². The summed E-state index contributed by atoms with van der Waals surface area (Å²) >= 11 is 0. The van der Waals surface area contributed by atoms with Crippen molar-refractivity contribution in [2.45, 2.75) is 45.1 Å². The molecule has 24 heavy (non-hydrogen) atoms. The lowest BCUT2D eigenvalue weighted by atomic mass is 9.85. The number of aromatic nitrogens is 1. The molecule has 0 saturated heterocycles. The minimum absolute atomic E-state index is 0.0466. The fourth-order valence-corrected chi connectivity index (χ4v) is 3.85. The van der Waals surface area contributed by atoms with Gasteiger partial charge in [0, 0.05) is 11.8 Å².